The molecule has 2 amide bonds. The molecule has 3 heterocycles. The Kier molecular flexibility index (Phi) is 4.47. The number of benzene rings is 2. The smallest absolute Gasteiger partial charge is 0.289 e. The summed E-state index contributed by atoms with van der Waals surface area (Å²) in [5.74, 6) is -2.39. The van der Waals surface area contributed by atoms with Crippen LogP contribution in [0.25, 0.3) is 5.69 Å². The van der Waals surface area contributed by atoms with Gasteiger partial charge in [0.2, 0.25) is 17.7 Å². The molecule has 3 aromatic rings. The van der Waals surface area contributed by atoms with Gasteiger partial charge >= 0.3 is 0 Å². The van der Waals surface area contributed by atoms with Crippen LogP contribution in [0.2, 0.25) is 0 Å². The van der Waals surface area contributed by atoms with Crippen LogP contribution in [0, 0.1) is 5.92 Å². The summed E-state index contributed by atoms with van der Waals surface area (Å²) >= 11 is 3.32. The van der Waals surface area contributed by atoms with Crippen molar-refractivity contribution in [2.24, 2.45) is 11.1 Å². The highest BCUT2D eigenvalue weighted by Gasteiger charge is 2.58. The summed E-state index contributed by atoms with van der Waals surface area (Å²) in [6.45, 7) is 0. The van der Waals surface area contributed by atoms with Crippen molar-refractivity contribution in [3.05, 3.63) is 58.7 Å². The Labute approximate surface area is 183 Å². The minimum Gasteiger partial charge on any atom is -0.539 e. The van der Waals surface area contributed by atoms with Crippen LogP contribution in [-0.4, -0.2) is 36.0 Å². The van der Waals surface area contributed by atoms with Crippen molar-refractivity contribution in [2.75, 3.05) is 12.0 Å². The van der Waals surface area contributed by atoms with Crippen LogP contribution >= 0.6 is 15.9 Å². The lowest BCUT2D eigenvalue weighted by molar-refractivity contribution is -0.671. The van der Waals surface area contributed by atoms with Gasteiger partial charge in [0.15, 0.2) is 11.7 Å². The zero-order valence-corrected chi connectivity index (χ0v) is 17.5. The number of halogens is 1. The van der Waals surface area contributed by atoms with Gasteiger partial charge in [-0.25, -0.2) is 4.90 Å². The monoisotopic (exact) mass is 484 g/mol. The number of rotatable bonds is 4. The SMILES string of the molecule is COc1ccc(-[n+]2noc([O-])c2C2=NOC3C(=O)N(c4ccc(Br)cc4)C(=O)C23)cc1. The Morgan fingerprint density at radius 1 is 1.10 bits per heavy atom. The minimum atomic E-state index is -1.16. The highest BCUT2D eigenvalue weighted by atomic mass is 79.9. The molecule has 0 spiro atoms. The summed E-state index contributed by atoms with van der Waals surface area (Å²) in [4.78, 5) is 32.4. The van der Waals surface area contributed by atoms with Crippen LogP contribution in [0.1, 0.15) is 5.69 Å². The fourth-order valence-electron chi connectivity index (χ4n) is 3.58. The standard InChI is InChI=1S/C20H13BrN4O6/c1-29-13-8-6-12(7-9-13)25-16(20(28)31-23-25)15-14-17(30-22-15)19(27)24(18(14)26)11-4-2-10(21)3-5-11/h2-9,14,17H,1H3. The second-order valence-electron chi connectivity index (χ2n) is 6.79. The number of hydrogen-bond acceptors (Lipinski definition) is 8. The van der Waals surface area contributed by atoms with Gasteiger partial charge in [0.1, 0.15) is 11.7 Å². The number of aromatic nitrogens is 2. The highest BCUT2D eigenvalue weighted by molar-refractivity contribution is 9.10. The number of ether oxygens (including phenoxy) is 1. The summed E-state index contributed by atoms with van der Waals surface area (Å²) in [5.41, 5.74) is 0.780. The van der Waals surface area contributed by atoms with Crippen molar-refractivity contribution in [1.29, 1.82) is 0 Å². The number of anilines is 1. The van der Waals surface area contributed by atoms with Crippen LogP contribution in [0.15, 0.2) is 62.7 Å². The van der Waals surface area contributed by atoms with Gasteiger partial charge in [-0.3, -0.25) is 9.59 Å². The number of fused-ring (bicyclic) bond motifs is 1. The first-order valence-electron chi connectivity index (χ1n) is 9.10. The Bertz CT molecular complexity index is 1220. The van der Waals surface area contributed by atoms with Crippen LogP contribution in [-0.2, 0) is 14.4 Å². The number of imide groups is 1. The lowest BCUT2D eigenvalue weighted by Gasteiger charge is -2.15. The van der Waals surface area contributed by atoms with Crippen LogP contribution in [0.4, 0.5) is 5.69 Å². The predicted molar refractivity (Wildman–Crippen MR) is 106 cm³/mol. The number of carbonyl (C=O) groups excluding carboxylic acids is 2. The summed E-state index contributed by atoms with van der Waals surface area (Å²) in [5, 5.41) is 20.1. The van der Waals surface area contributed by atoms with Crippen LogP contribution in [0.3, 0.4) is 0 Å². The summed E-state index contributed by atoms with van der Waals surface area (Å²) < 4.78 is 12.0. The number of methoxy groups -OCH3 is 1. The normalized spacial score (nSPS) is 19.9. The first-order valence-corrected chi connectivity index (χ1v) is 9.90. The van der Waals surface area contributed by atoms with E-state index in [-0.39, 0.29) is 11.4 Å². The molecule has 11 heteroatoms. The molecule has 0 aliphatic carbocycles. The molecule has 0 saturated carbocycles. The van der Waals surface area contributed by atoms with E-state index in [1.165, 1.54) is 11.8 Å². The maximum atomic E-state index is 13.2. The third-order valence-electron chi connectivity index (χ3n) is 5.07. The number of nitrogens with zero attached hydrogens (tertiary/aromatic N) is 4. The second kappa shape index (κ2) is 7.20. The first-order chi connectivity index (χ1) is 15.0. The summed E-state index contributed by atoms with van der Waals surface area (Å²) in [6, 6.07) is 13.4. The van der Waals surface area contributed by atoms with Crippen molar-refractivity contribution >= 4 is 39.1 Å². The maximum Gasteiger partial charge on any atom is 0.289 e. The molecule has 0 bridgehead atoms. The fraction of sp³-hybridized carbons (Fsp3) is 0.150. The first kappa shape index (κ1) is 19.2. The van der Waals surface area contributed by atoms with Crippen molar-refractivity contribution in [1.82, 2.24) is 5.27 Å². The van der Waals surface area contributed by atoms with Crippen LogP contribution < -0.4 is 19.4 Å². The molecular formula is C20H13BrN4O6. The zero-order chi connectivity index (χ0) is 21.7. The molecule has 31 heavy (non-hydrogen) atoms. The third kappa shape index (κ3) is 2.96. The molecule has 2 unspecified atom stereocenters. The average molecular weight is 485 g/mol. The van der Waals surface area contributed by atoms with Gasteiger partial charge in [0.25, 0.3) is 11.6 Å². The van der Waals surface area contributed by atoms with Gasteiger partial charge in [-0.15, -0.1) is 0 Å². The van der Waals surface area contributed by atoms with E-state index in [1.54, 1.807) is 48.5 Å². The molecule has 1 fully saturated rings. The third-order valence-corrected chi connectivity index (χ3v) is 5.60. The van der Waals surface area contributed by atoms with E-state index >= 15 is 0 Å². The molecule has 2 atom stereocenters. The van der Waals surface area contributed by atoms with Crippen LogP contribution in [0.5, 0.6) is 11.7 Å². The molecule has 2 aliphatic rings. The molecular weight excluding hydrogens is 472 g/mol. The lowest BCUT2D eigenvalue weighted by Crippen LogP contribution is -2.42. The van der Waals surface area contributed by atoms with E-state index in [2.05, 4.69) is 26.4 Å². The van der Waals surface area contributed by atoms with Crippen molar-refractivity contribution in [2.45, 2.75) is 6.10 Å². The number of amides is 2. The summed E-state index contributed by atoms with van der Waals surface area (Å²) in [7, 11) is 1.53. The van der Waals surface area contributed by atoms with Crippen molar-refractivity contribution in [3.8, 4) is 17.4 Å². The van der Waals surface area contributed by atoms with Gasteiger partial charge in [-0.2, -0.15) is 0 Å². The molecule has 2 aliphatic heterocycles. The highest BCUT2D eigenvalue weighted by Crippen LogP contribution is 2.36. The topological polar surface area (TPSA) is 121 Å². The van der Waals surface area contributed by atoms with E-state index in [9.17, 15) is 14.7 Å². The number of hydrogen-bond donors (Lipinski definition) is 0. The number of carbonyl (C=O) groups is 2. The molecule has 1 saturated heterocycles. The maximum absolute atomic E-state index is 13.2. The molecule has 156 valence electrons. The number of oxime groups is 1. The van der Waals surface area contributed by atoms with Gasteiger partial charge in [0, 0.05) is 16.6 Å². The molecule has 0 N–H and O–H groups in total. The molecule has 0 radical (unpaired) electrons. The molecule has 2 aromatic carbocycles. The van der Waals surface area contributed by atoms with Gasteiger partial charge in [-0.05, 0) is 41.1 Å². The van der Waals surface area contributed by atoms with Crippen molar-refractivity contribution < 1.29 is 33.5 Å². The van der Waals surface area contributed by atoms with Gasteiger partial charge in [0.05, 0.1) is 18.1 Å². The lowest BCUT2D eigenvalue weighted by atomic mass is 9.97. The van der Waals surface area contributed by atoms with E-state index in [0.717, 1.165) is 9.37 Å². The summed E-state index contributed by atoms with van der Waals surface area (Å²) in [6.07, 6.45) is -1.16. The second-order valence-corrected chi connectivity index (χ2v) is 7.70. The Balaban J connectivity index is 1.53. The minimum absolute atomic E-state index is 0.00923. The largest absolute Gasteiger partial charge is 0.539 e. The van der Waals surface area contributed by atoms with E-state index in [4.69, 9.17) is 14.1 Å². The van der Waals surface area contributed by atoms with E-state index in [1.807, 2.05) is 0 Å². The Morgan fingerprint density at radius 2 is 1.81 bits per heavy atom. The van der Waals surface area contributed by atoms with E-state index in [0.29, 0.717) is 17.1 Å². The molecule has 1 aromatic heterocycles. The van der Waals surface area contributed by atoms with Crippen molar-refractivity contribution in [3.63, 3.8) is 0 Å². The quantitative estimate of drug-likeness (QED) is 0.401. The van der Waals surface area contributed by atoms with E-state index < -0.39 is 29.8 Å². The Morgan fingerprint density at radius 3 is 2.48 bits per heavy atom. The predicted octanol–water partition coefficient (Wildman–Crippen LogP) is 1.09. The molecule has 5 rings (SSSR count). The van der Waals surface area contributed by atoms with Gasteiger partial charge < -0.3 is 19.2 Å². The fourth-order valence-corrected chi connectivity index (χ4v) is 3.84. The average Bonchev–Trinajstić information content (AvgIpc) is 3.44. The molecule has 10 nitrogen and oxygen atoms in total. The zero-order valence-electron chi connectivity index (χ0n) is 15.9. The van der Waals surface area contributed by atoms with Gasteiger partial charge in [-0.1, -0.05) is 21.1 Å². The Hall–Kier alpha value is -3.73.